The highest BCUT2D eigenvalue weighted by atomic mass is 16.5. The van der Waals surface area contributed by atoms with E-state index in [-0.39, 0.29) is 12.5 Å². The summed E-state index contributed by atoms with van der Waals surface area (Å²) in [5, 5.41) is 4.04. The maximum Gasteiger partial charge on any atom is 0.338 e. The Morgan fingerprint density at radius 1 is 1.00 bits per heavy atom. The van der Waals surface area contributed by atoms with Gasteiger partial charge in [0.2, 0.25) is 0 Å². The van der Waals surface area contributed by atoms with Crippen molar-refractivity contribution in [3.05, 3.63) is 66.7 Å². The minimum absolute atomic E-state index is 0.202. The van der Waals surface area contributed by atoms with Gasteiger partial charge in [-0.2, -0.15) is 5.10 Å². The molecule has 0 bridgehead atoms. The number of esters is 1. The summed E-state index contributed by atoms with van der Waals surface area (Å²) in [7, 11) is 1.65. The molecule has 1 aliphatic heterocycles. The number of ether oxygens (including phenoxy) is 2. The van der Waals surface area contributed by atoms with Crippen molar-refractivity contribution in [3.8, 4) is 11.4 Å². The lowest BCUT2D eigenvalue weighted by Crippen LogP contribution is -2.50. The van der Waals surface area contributed by atoms with E-state index >= 15 is 0 Å². The van der Waals surface area contributed by atoms with Gasteiger partial charge in [-0.15, -0.1) is 0 Å². The van der Waals surface area contributed by atoms with E-state index in [0.717, 1.165) is 17.1 Å². The summed E-state index contributed by atoms with van der Waals surface area (Å²) in [6, 6.07) is 14.6. The fourth-order valence-corrected chi connectivity index (χ4v) is 3.48. The Morgan fingerprint density at radius 2 is 1.74 bits per heavy atom. The van der Waals surface area contributed by atoms with Crippen molar-refractivity contribution >= 4 is 17.6 Å². The SMILES string of the molecule is COc1ccccc1N1CCN(C(=O)COC(=O)c2ccc(-n3cncn3)cc2)CC1. The van der Waals surface area contributed by atoms with Crippen LogP contribution in [0.3, 0.4) is 0 Å². The molecule has 1 amide bonds. The molecule has 9 heteroatoms. The molecule has 2 heterocycles. The lowest BCUT2D eigenvalue weighted by molar-refractivity contribution is -0.134. The molecular weight excluding hydrogens is 398 g/mol. The van der Waals surface area contributed by atoms with E-state index < -0.39 is 5.97 Å². The van der Waals surface area contributed by atoms with Crippen LogP contribution in [0.25, 0.3) is 5.69 Å². The summed E-state index contributed by atoms with van der Waals surface area (Å²) in [5.74, 6) is 0.0736. The molecule has 0 spiro atoms. The zero-order valence-corrected chi connectivity index (χ0v) is 17.2. The van der Waals surface area contributed by atoms with Crippen molar-refractivity contribution in [1.29, 1.82) is 0 Å². The highest BCUT2D eigenvalue weighted by molar-refractivity contribution is 5.91. The largest absolute Gasteiger partial charge is 0.495 e. The molecule has 0 atom stereocenters. The van der Waals surface area contributed by atoms with Crippen LogP contribution in [-0.4, -0.2) is 71.4 Å². The highest BCUT2D eigenvalue weighted by Gasteiger charge is 2.23. The summed E-state index contributed by atoms with van der Waals surface area (Å²) in [6.45, 7) is 2.20. The maximum absolute atomic E-state index is 12.5. The molecule has 2 aromatic carbocycles. The molecular formula is C22H23N5O4. The van der Waals surface area contributed by atoms with Gasteiger partial charge in [-0.1, -0.05) is 12.1 Å². The van der Waals surface area contributed by atoms with Gasteiger partial charge in [-0.25, -0.2) is 14.5 Å². The fraction of sp³-hybridized carbons (Fsp3) is 0.273. The van der Waals surface area contributed by atoms with Crippen molar-refractivity contribution in [3.63, 3.8) is 0 Å². The second-order valence-electron chi connectivity index (χ2n) is 7.00. The van der Waals surface area contributed by atoms with Crippen LogP contribution in [0.15, 0.2) is 61.2 Å². The van der Waals surface area contributed by atoms with Gasteiger partial charge in [-0.3, -0.25) is 4.79 Å². The first kappa shape index (κ1) is 20.4. The van der Waals surface area contributed by atoms with E-state index in [9.17, 15) is 9.59 Å². The lowest BCUT2D eigenvalue weighted by atomic mass is 10.2. The molecule has 1 aromatic heterocycles. The lowest BCUT2D eigenvalue weighted by Gasteiger charge is -2.36. The van der Waals surface area contributed by atoms with Crippen LogP contribution >= 0.6 is 0 Å². The monoisotopic (exact) mass is 421 g/mol. The minimum atomic E-state index is -0.536. The Bertz CT molecular complexity index is 1030. The zero-order valence-electron chi connectivity index (χ0n) is 17.2. The van der Waals surface area contributed by atoms with Crippen molar-refractivity contribution in [2.24, 2.45) is 0 Å². The summed E-state index contributed by atoms with van der Waals surface area (Å²) < 4.78 is 12.2. The van der Waals surface area contributed by atoms with Gasteiger partial charge < -0.3 is 19.3 Å². The fourth-order valence-electron chi connectivity index (χ4n) is 3.48. The average Bonchev–Trinajstić information content (AvgIpc) is 3.37. The summed E-state index contributed by atoms with van der Waals surface area (Å²) in [4.78, 5) is 32.6. The normalized spacial score (nSPS) is 13.7. The minimum Gasteiger partial charge on any atom is -0.495 e. The number of amides is 1. The molecule has 0 saturated carbocycles. The third kappa shape index (κ3) is 4.66. The molecule has 0 unspecified atom stereocenters. The molecule has 0 N–H and O–H groups in total. The number of methoxy groups -OCH3 is 1. The standard InChI is InChI=1S/C22H23N5O4/c1-30-20-5-3-2-4-19(20)25-10-12-26(13-11-25)21(28)14-31-22(29)17-6-8-18(9-7-17)27-16-23-15-24-27/h2-9,15-16H,10-14H2,1H3. The molecule has 1 aliphatic rings. The highest BCUT2D eigenvalue weighted by Crippen LogP contribution is 2.28. The first-order valence-corrected chi connectivity index (χ1v) is 9.93. The van der Waals surface area contributed by atoms with Crippen LogP contribution in [0.1, 0.15) is 10.4 Å². The molecule has 0 radical (unpaired) electrons. The second-order valence-corrected chi connectivity index (χ2v) is 7.00. The predicted molar refractivity (Wildman–Crippen MR) is 113 cm³/mol. The quantitative estimate of drug-likeness (QED) is 0.561. The number of carbonyl (C=O) groups is 2. The van der Waals surface area contributed by atoms with Gasteiger partial charge in [0.1, 0.15) is 18.4 Å². The van der Waals surface area contributed by atoms with E-state index in [1.54, 1.807) is 47.3 Å². The third-order valence-electron chi connectivity index (χ3n) is 5.17. The Kier molecular flexibility index (Phi) is 6.11. The zero-order chi connectivity index (χ0) is 21.6. The summed E-state index contributed by atoms with van der Waals surface area (Å²) in [5.41, 5.74) is 2.16. The number of hydrogen-bond acceptors (Lipinski definition) is 7. The first-order valence-electron chi connectivity index (χ1n) is 9.93. The molecule has 1 saturated heterocycles. The number of para-hydroxylation sites is 2. The van der Waals surface area contributed by atoms with Gasteiger partial charge in [0.25, 0.3) is 5.91 Å². The number of anilines is 1. The van der Waals surface area contributed by atoms with E-state index in [1.165, 1.54) is 6.33 Å². The molecule has 31 heavy (non-hydrogen) atoms. The van der Waals surface area contributed by atoms with E-state index in [4.69, 9.17) is 9.47 Å². The molecule has 4 rings (SSSR count). The summed E-state index contributed by atoms with van der Waals surface area (Å²) >= 11 is 0. The van der Waals surface area contributed by atoms with Crippen LogP contribution in [0.2, 0.25) is 0 Å². The van der Waals surface area contributed by atoms with Gasteiger partial charge in [0.15, 0.2) is 6.61 Å². The van der Waals surface area contributed by atoms with Crippen LogP contribution in [0.4, 0.5) is 5.69 Å². The van der Waals surface area contributed by atoms with Gasteiger partial charge in [-0.05, 0) is 36.4 Å². The van der Waals surface area contributed by atoms with Gasteiger partial charge >= 0.3 is 5.97 Å². The van der Waals surface area contributed by atoms with Gasteiger partial charge in [0, 0.05) is 26.2 Å². The first-order chi connectivity index (χ1) is 15.2. The average molecular weight is 421 g/mol. The van der Waals surface area contributed by atoms with Crippen LogP contribution in [0.5, 0.6) is 5.75 Å². The van der Waals surface area contributed by atoms with Crippen molar-refractivity contribution in [1.82, 2.24) is 19.7 Å². The number of piperazine rings is 1. The number of aromatic nitrogens is 3. The molecule has 9 nitrogen and oxygen atoms in total. The van der Waals surface area contributed by atoms with E-state index in [0.29, 0.717) is 31.7 Å². The van der Waals surface area contributed by atoms with Gasteiger partial charge in [0.05, 0.1) is 24.0 Å². The number of carbonyl (C=O) groups excluding carboxylic acids is 2. The number of hydrogen-bond donors (Lipinski definition) is 0. The van der Waals surface area contributed by atoms with Crippen LogP contribution in [0, 0.1) is 0 Å². The summed E-state index contributed by atoms with van der Waals surface area (Å²) in [6.07, 6.45) is 3.00. The third-order valence-corrected chi connectivity index (χ3v) is 5.17. The number of rotatable bonds is 6. The Morgan fingerprint density at radius 3 is 2.42 bits per heavy atom. The maximum atomic E-state index is 12.5. The van der Waals surface area contributed by atoms with Crippen molar-refractivity contribution in [2.45, 2.75) is 0 Å². The Balaban J connectivity index is 1.27. The molecule has 0 aliphatic carbocycles. The van der Waals surface area contributed by atoms with E-state index in [1.807, 2.05) is 24.3 Å². The molecule has 3 aromatic rings. The van der Waals surface area contributed by atoms with E-state index in [2.05, 4.69) is 15.0 Å². The Labute approximate surface area is 179 Å². The smallest absolute Gasteiger partial charge is 0.338 e. The van der Waals surface area contributed by atoms with Crippen molar-refractivity contribution < 1.29 is 19.1 Å². The predicted octanol–water partition coefficient (Wildman–Crippen LogP) is 1.78. The molecule has 1 fully saturated rings. The number of nitrogens with zero attached hydrogens (tertiary/aromatic N) is 5. The van der Waals surface area contributed by atoms with Crippen LogP contribution < -0.4 is 9.64 Å². The Hall–Kier alpha value is -3.88. The topological polar surface area (TPSA) is 89.8 Å². The molecule has 160 valence electrons. The van der Waals surface area contributed by atoms with Crippen molar-refractivity contribution in [2.75, 3.05) is 44.8 Å². The van der Waals surface area contributed by atoms with Crippen LogP contribution in [-0.2, 0) is 9.53 Å². The number of benzene rings is 2. The second kappa shape index (κ2) is 9.29.